The number of sulfonamides is 1. The highest BCUT2D eigenvalue weighted by atomic mass is 32.2. The van der Waals surface area contributed by atoms with Gasteiger partial charge >= 0.3 is 0 Å². The van der Waals surface area contributed by atoms with Gasteiger partial charge in [0.1, 0.15) is 0 Å². The largest absolute Gasteiger partial charge is 0.302 e. The monoisotopic (exact) mass is 268 g/mol. The molecule has 1 fully saturated rings. The van der Waals surface area contributed by atoms with Crippen molar-refractivity contribution in [1.29, 1.82) is 0 Å². The number of likely N-dealkylation sites (tertiary alicyclic amines) is 1. The van der Waals surface area contributed by atoms with E-state index in [1.165, 1.54) is 0 Å². The third-order valence-electron chi connectivity index (χ3n) is 3.37. The smallest absolute Gasteiger partial charge is 0.240 e. The van der Waals surface area contributed by atoms with Crippen LogP contribution in [-0.2, 0) is 10.0 Å². The molecule has 5 heteroatoms. The molecule has 1 saturated heterocycles. The average molecular weight is 268 g/mol. The maximum Gasteiger partial charge on any atom is 0.240 e. The van der Waals surface area contributed by atoms with Gasteiger partial charge in [0.05, 0.1) is 4.90 Å². The van der Waals surface area contributed by atoms with E-state index in [0.717, 1.165) is 31.6 Å². The van der Waals surface area contributed by atoms with Gasteiger partial charge in [-0.25, -0.2) is 13.1 Å². The molecule has 1 N–H and O–H groups in total. The lowest BCUT2D eigenvalue weighted by atomic mass is 10.2. The van der Waals surface area contributed by atoms with Crippen LogP contribution < -0.4 is 4.72 Å². The van der Waals surface area contributed by atoms with Crippen LogP contribution in [0.25, 0.3) is 0 Å². The molecule has 4 nitrogen and oxygen atoms in total. The summed E-state index contributed by atoms with van der Waals surface area (Å²) in [5.74, 6) is 0. The predicted octanol–water partition coefficient (Wildman–Crippen LogP) is 1.37. The minimum absolute atomic E-state index is 0.0382. The van der Waals surface area contributed by atoms with E-state index >= 15 is 0 Å². The van der Waals surface area contributed by atoms with Gasteiger partial charge in [-0.15, -0.1) is 0 Å². The molecule has 1 aromatic rings. The van der Waals surface area contributed by atoms with E-state index in [1.54, 1.807) is 12.1 Å². The molecule has 0 bridgehead atoms. The Balaban J connectivity index is 2.06. The van der Waals surface area contributed by atoms with Gasteiger partial charge in [-0.05, 0) is 38.6 Å². The number of hydrogen-bond donors (Lipinski definition) is 1. The Morgan fingerprint density at radius 3 is 2.56 bits per heavy atom. The second kappa shape index (κ2) is 5.38. The molecule has 0 spiro atoms. The van der Waals surface area contributed by atoms with E-state index in [0.29, 0.717) is 4.90 Å². The summed E-state index contributed by atoms with van der Waals surface area (Å²) in [5.41, 5.74) is 1.06. The van der Waals surface area contributed by atoms with Gasteiger partial charge < -0.3 is 4.90 Å². The Kier molecular flexibility index (Phi) is 4.04. The standard InChI is InChI=1S/C13H20N2O2S/c1-3-15-9-8-12(10-15)14-18(16,17)13-6-4-11(2)5-7-13/h4-7,12,14H,3,8-10H2,1-2H3. The molecule has 0 aliphatic carbocycles. The van der Waals surface area contributed by atoms with Crippen molar-refractivity contribution in [2.45, 2.75) is 31.2 Å². The molecule has 1 heterocycles. The number of benzene rings is 1. The van der Waals surface area contributed by atoms with Crippen LogP contribution in [0.2, 0.25) is 0 Å². The summed E-state index contributed by atoms with van der Waals surface area (Å²) in [4.78, 5) is 2.60. The van der Waals surface area contributed by atoms with Gasteiger partial charge in [0, 0.05) is 12.6 Å². The Labute approximate surface area is 109 Å². The summed E-state index contributed by atoms with van der Waals surface area (Å²) >= 11 is 0. The summed E-state index contributed by atoms with van der Waals surface area (Å²) in [7, 11) is -3.37. The molecule has 0 amide bonds. The number of nitrogens with one attached hydrogen (secondary N) is 1. The Bertz CT molecular complexity index is 496. The van der Waals surface area contributed by atoms with Crippen LogP contribution in [0.1, 0.15) is 18.9 Å². The first-order valence-corrected chi connectivity index (χ1v) is 7.81. The zero-order valence-electron chi connectivity index (χ0n) is 10.9. The minimum Gasteiger partial charge on any atom is -0.302 e. The summed E-state index contributed by atoms with van der Waals surface area (Å²) < 4.78 is 27.1. The number of nitrogens with zero attached hydrogens (tertiary/aromatic N) is 1. The topological polar surface area (TPSA) is 49.4 Å². The molecule has 1 unspecified atom stereocenters. The molecule has 1 aromatic carbocycles. The molecule has 0 radical (unpaired) electrons. The Morgan fingerprint density at radius 2 is 2.00 bits per heavy atom. The number of hydrogen-bond acceptors (Lipinski definition) is 3. The van der Waals surface area contributed by atoms with Crippen LogP contribution in [0.5, 0.6) is 0 Å². The highest BCUT2D eigenvalue weighted by Gasteiger charge is 2.26. The van der Waals surface area contributed by atoms with E-state index in [-0.39, 0.29) is 6.04 Å². The van der Waals surface area contributed by atoms with Crippen LogP contribution in [0.15, 0.2) is 29.2 Å². The van der Waals surface area contributed by atoms with Crippen molar-refractivity contribution in [3.05, 3.63) is 29.8 Å². The van der Waals surface area contributed by atoms with Crippen LogP contribution in [-0.4, -0.2) is 39.0 Å². The third-order valence-corrected chi connectivity index (χ3v) is 4.91. The van der Waals surface area contributed by atoms with Crippen molar-refractivity contribution in [2.24, 2.45) is 0 Å². The minimum atomic E-state index is -3.37. The molecular formula is C13H20N2O2S. The number of rotatable bonds is 4. The van der Waals surface area contributed by atoms with E-state index in [2.05, 4.69) is 16.5 Å². The fraction of sp³-hybridized carbons (Fsp3) is 0.538. The molecule has 0 saturated carbocycles. The molecule has 1 aliphatic rings. The van der Waals surface area contributed by atoms with Gasteiger partial charge in [0.15, 0.2) is 0 Å². The van der Waals surface area contributed by atoms with Crippen molar-refractivity contribution < 1.29 is 8.42 Å². The first-order valence-electron chi connectivity index (χ1n) is 6.32. The van der Waals surface area contributed by atoms with Crippen molar-refractivity contribution in [3.63, 3.8) is 0 Å². The van der Waals surface area contributed by atoms with Gasteiger partial charge in [-0.3, -0.25) is 0 Å². The molecule has 1 atom stereocenters. The van der Waals surface area contributed by atoms with Crippen LogP contribution in [0.3, 0.4) is 0 Å². The van der Waals surface area contributed by atoms with E-state index < -0.39 is 10.0 Å². The van der Waals surface area contributed by atoms with Gasteiger partial charge in [-0.1, -0.05) is 24.6 Å². The highest BCUT2D eigenvalue weighted by Crippen LogP contribution is 2.14. The molecule has 2 rings (SSSR count). The van der Waals surface area contributed by atoms with Gasteiger partial charge in [0.2, 0.25) is 10.0 Å². The normalized spacial score (nSPS) is 21.3. The SMILES string of the molecule is CCN1CCC(NS(=O)(=O)c2ccc(C)cc2)C1. The lowest BCUT2D eigenvalue weighted by Gasteiger charge is -2.14. The zero-order valence-corrected chi connectivity index (χ0v) is 11.7. The van der Waals surface area contributed by atoms with E-state index in [9.17, 15) is 8.42 Å². The third kappa shape index (κ3) is 3.10. The van der Waals surface area contributed by atoms with Crippen molar-refractivity contribution >= 4 is 10.0 Å². The molecule has 18 heavy (non-hydrogen) atoms. The number of aryl methyl sites for hydroxylation is 1. The van der Waals surface area contributed by atoms with Crippen LogP contribution >= 0.6 is 0 Å². The van der Waals surface area contributed by atoms with Gasteiger partial charge in [0.25, 0.3) is 0 Å². The molecular weight excluding hydrogens is 248 g/mol. The summed E-state index contributed by atoms with van der Waals surface area (Å²) in [5, 5.41) is 0. The predicted molar refractivity (Wildman–Crippen MR) is 72.0 cm³/mol. The Hall–Kier alpha value is -0.910. The van der Waals surface area contributed by atoms with Crippen LogP contribution in [0, 0.1) is 6.92 Å². The molecule has 0 aromatic heterocycles. The lowest BCUT2D eigenvalue weighted by Crippen LogP contribution is -2.37. The summed E-state index contributed by atoms with van der Waals surface area (Å²) in [6.45, 7) is 6.79. The van der Waals surface area contributed by atoms with Crippen molar-refractivity contribution in [2.75, 3.05) is 19.6 Å². The zero-order chi connectivity index (χ0) is 13.2. The lowest BCUT2D eigenvalue weighted by molar-refractivity contribution is 0.351. The molecule has 100 valence electrons. The number of likely N-dealkylation sites (N-methyl/N-ethyl adjacent to an activating group) is 1. The quantitative estimate of drug-likeness (QED) is 0.897. The average Bonchev–Trinajstić information content (AvgIpc) is 2.76. The van der Waals surface area contributed by atoms with E-state index in [4.69, 9.17) is 0 Å². The first kappa shape index (κ1) is 13.5. The summed E-state index contributed by atoms with van der Waals surface area (Å²) in [6, 6.07) is 6.99. The van der Waals surface area contributed by atoms with Crippen molar-refractivity contribution in [1.82, 2.24) is 9.62 Å². The van der Waals surface area contributed by atoms with Crippen molar-refractivity contribution in [3.8, 4) is 0 Å². The Morgan fingerprint density at radius 1 is 1.33 bits per heavy atom. The van der Waals surface area contributed by atoms with Gasteiger partial charge in [-0.2, -0.15) is 0 Å². The second-order valence-corrected chi connectivity index (χ2v) is 6.53. The fourth-order valence-electron chi connectivity index (χ4n) is 2.22. The second-order valence-electron chi connectivity index (χ2n) is 4.81. The first-order chi connectivity index (χ1) is 8.51. The maximum atomic E-state index is 12.2. The van der Waals surface area contributed by atoms with E-state index in [1.807, 2.05) is 19.1 Å². The maximum absolute atomic E-state index is 12.2. The highest BCUT2D eigenvalue weighted by molar-refractivity contribution is 7.89. The van der Waals surface area contributed by atoms with Crippen LogP contribution in [0.4, 0.5) is 0 Å². The fourth-order valence-corrected chi connectivity index (χ4v) is 3.48. The summed E-state index contributed by atoms with van der Waals surface area (Å²) in [6.07, 6.45) is 0.888. The molecule has 1 aliphatic heterocycles.